The van der Waals surface area contributed by atoms with Crippen LogP contribution >= 0.6 is 27.5 Å². The first-order chi connectivity index (χ1) is 20.3. The minimum absolute atomic E-state index is 0.00999. The van der Waals surface area contributed by atoms with Crippen LogP contribution in [0.4, 0.5) is 11.6 Å². The number of carbonyl (C=O) groups is 1. The molecule has 2 N–H and O–H groups in total. The predicted molar refractivity (Wildman–Crippen MR) is 166 cm³/mol. The molecule has 10 nitrogen and oxygen atoms in total. The number of sulfonamides is 1. The number of anilines is 2. The van der Waals surface area contributed by atoms with Crippen LogP contribution in [0.2, 0.25) is 5.02 Å². The van der Waals surface area contributed by atoms with Gasteiger partial charge in [-0.2, -0.15) is 0 Å². The summed E-state index contributed by atoms with van der Waals surface area (Å²) in [7, 11) is -3.97. The molecule has 2 heterocycles. The highest BCUT2D eigenvalue weighted by atomic mass is 79.9. The summed E-state index contributed by atoms with van der Waals surface area (Å²) in [5.74, 6) is 1.13. The molecule has 1 amide bonds. The Balaban J connectivity index is 1.14. The maximum absolute atomic E-state index is 13.1. The Morgan fingerprint density at radius 2 is 1.64 bits per heavy atom. The van der Waals surface area contributed by atoms with Gasteiger partial charge in [-0.15, -0.1) is 0 Å². The molecule has 0 atom stereocenters. The van der Waals surface area contributed by atoms with Crippen LogP contribution in [-0.4, -0.2) is 68.5 Å². The monoisotopic (exact) mass is 670 g/mol. The number of hydrogen-bond donors (Lipinski definition) is 2. The van der Waals surface area contributed by atoms with Gasteiger partial charge in [0.25, 0.3) is 15.9 Å². The van der Waals surface area contributed by atoms with Gasteiger partial charge in [-0.05, 0) is 60.7 Å². The Labute approximate surface area is 257 Å². The minimum Gasteiger partial charge on any atom is -0.454 e. The average molecular weight is 672 g/mol. The second-order valence-electron chi connectivity index (χ2n) is 9.44. The van der Waals surface area contributed by atoms with E-state index in [0.29, 0.717) is 29.4 Å². The Bertz CT molecular complexity index is 1640. The number of para-hydroxylation sites is 2. The zero-order valence-corrected chi connectivity index (χ0v) is 25.6. The lowest BCUT2D eigenvalue weighted by molar-refractivity contribution is 0.0947. The third-order valence-corrected chi connectivity index (χ3v) is 8.76. The zero-order chi connectivity index (χ0) is 29.5. The Hall–Kier alpha value is -3.71. The van der Waals surface area contributed by atoms with Gasteiger partial charge in [0.1, 0.15) is 5.75 Å². The van der Waals surface area contributed by atoms with E-state index in [4.69, 9.17) is 16.3 Å². The van der Waals surface area contributed by atoms with Gasteiger partial charge in [0, 0.05) is 61.7 Å². The summed E-state index contributed by atoms with van der Waals surface area (Å²) in [6.07, 6.45) is 3.47. The van der Waals surface area contributed by atoms with Crippen LogP contribution in [0.25, 0.3) is 0 Å². The second kappa shape index (κ2) is 13.5. The summed E-state index contributed by atoms with van der Waals surface area (Å²) in [4.78, 5) is 25.7. The standard InChI is InChI=1S/C29H28BrClN6O4S/c30-22-8-11-26(24(31)20-22)41-27-5-2-1-4-25(27)35-42(39,40)23-9-6-21(7-10-23)28(38)32-14-15-36-16-18-37(19-17-36)29-33-12-3-13-34-29/h1-13,20,35H,14-19H2,(H,32,38). The van der Waals surface area contributed by atoms with Crippen molar-refractivity contribution in [3.8, 4) is 11.5 Å². The van der Waals surface area contributed by atoms with Crippen molar-refractivity contribution in [3.05, 3.63) is 100 Å². The van der Waals surface area contributed by atoms with Crippen molar-refractivity contribution in [2.45, 2.75) is 4.90 Å². The molecule has 1 saturated heterocycles. The number of halogens is 2. The minimum atomic E-state index is -3.97. The second-order valence-corrected chi connectivity index (χ2v) is 12.4. The number of aromatic nitrogens is 2. The van der Waals surface area contributed by atoms with Crippen molar-refractivity contribution in [2.75, 3.05) is 48.9 Å². The molecule has 5 rings (SSSR count). The van der Waals surface area contributed by atoms with E-state index in [1.165, 1.54) is 24.3 Å². The van der Waals surface area contributed by atoms with Gasteiger partial charge in [0.15, 0.2) is 5.75 Å². The molecule has 0 unspecified atom stereocenters. The third kappa shape index (κ3) is 7.57. The average Bonchev–Trinajstić information content (AvgIpc) is 3.00. The van der Waals surface area contributed by atoms with Crippen LogP contribution in [0.3, 0.4) is 0 Å². The molecule has 13 heteroatoms. The highest BCUT2D eigenvalue weighted by Gasteiger charge is 2.20. The molecule has 0 saturated carbocycles. The third-order valence-electron chi connectivity index (χ3n) is 6.59. The summed E-state index contributed by atoms with van der Waals surface area (Å²) < 4.78 is 35.5. The summed E-state index contributed by atoms with van der Waals surface area (Å²) in [5, 5.41) is 3.28. The first kappa shape index (κ1) is 29.8. The van der Waals surface area contributed by atoms with Gasteiger partial charge in [0.05, 0.1) is 15.6 Å². The van der Waals surface area contributed by atoms with E-state index in [1.54, 1.807) is 60.9 Å². The van der Waals surface area contributed by atoms with Gasteiger partial charge in [-0.25, -0.2) is 18.4 Å². The maximum atomic E-state index is 13.1. The Morgan fingerprint density at radius 3 is 2.36 bits per heavy atom. The molecule has 42 heavy (non-hydrogen) atoms. The van der Waals surface area contributed by atoms with E-state index in [9.17, 15) is 13.2 Å². The number of benzene rings is 3. The van der Waals surface area contributed by atoms with Crippen molar-refractivity contribution in [1.82, 2.24) is 20.2 Å². The SMILES string of the molecule is O=C(NCCN1CCN(c2ncccn2)CC1)c1ccc(S(=O)(=O)Nc2ccccc2Oc2ccc(Br)cc2Cl)cc1. The van der Waals surface area contributed by atoms with Crippen LogP contribution in [0.1, 0.15) is 10.4 Å². The van der Waals surface area contributed by atoms with Crippen molar-refractivity contribution in [1.29, 1.82) is 0 Å². The molecule has 4 aromatic rings. The summed E-state index contributed by atoms with van der Waals surface area (Å²) in [5.41, 5.74) is 0.615. The number of rotatable bonds is 10. The van der Waals surface area contributed by atoms with E-state index in [-0.39, 0.29) is 22.2 Å². The van der Waals surface area contributed by atoms with Crippen LogP contribution < -0.4 is 19.7 Å². The topological polar surface area (TPSA) is 117 Å². The molecule has 1 fully saturated rings. The molecule has 1 aromatic heterocycles. The number of hydrogen-bond acceptors (Lipinski definition) is 8. The largest absolute Gasteiger partial charge is 0.454 e. The normalized spacial score (nSPS) is 13.9. The number of nitrogens with one attached hydrogen (secondary N) is 2. The van der Waals surface area contributed by atoms with Gasteiger partial charge >= 0.3 is 0 Å². The van der Waals surface area contributed by atoms with Gasteiger partial charge in [-0.1, -0.05) is 39.7 Å². The molecule has 0 spiro atoms. The molecular formula is C29H28BrClN6O4S. The molecule has 1 aliphatic rings. The Morgan fingerprint density at radius 1 is 0.929 bits per heavy atom. The summed E-state index contributed by atoms with van der Waals surface area (Å²) >= 11 is 9.61. The van der Waals surface area contributed by atoms with Gasteiger partial charge < -0.3 is 15.0 Å². The van der Waals surface area contributed by atoms with Gasteiger partial charge in [-0.3, -0.25) is 14.4 Å². The van der Waals surface area contributed by atoms with Crippen molar-refractivity contribution < 1.29 is 17.9 Å². The molecule has 0 bridgehead atoms. The van der Waals surface area contributed by atoms with E-state index in [0.717, 1.165) is 36.6 Å². The van der Waals surface area contributed by atoms with Crippen LogP contribution in [-0.2, 0) is 10.0 Å². The zero-order valence-electron chi connectivity index (χ0n) is 22.4. The smallest absolute Gasteiger partial charge is 0.262 e. The van der Waals surface area contributed by atoms with Crippen molar-refractivity contribution in [2.24, 2.45) is 0 Å². The molecule has 0 radical (unpaired) electrons. The highest BCUT2D eigenvalue weighted by Crippen LogP contribution is 2.35. The van der Waals surface area contributed by atoms with Crippen molar-refractivity contribution >= 4 is 55.1 Å². The number of piperazine rings is 1. The molecule has 3 aromatic carbocycles. The molecule has 218 valence electrons. The van der Waals surface area contributed by atoms with E-state index in [1.807, 2.05) is 0 Å². The van der Waals surface area contributed by atoms with E-state index in [2.05, 4.69) is 45.7 Å². The lowest BCUT2D eigenvalue weighted by atomic mass is 10.2. The van der Waals surface area contributed by atoms with Crippen molar-refractivity contribution in [3.63, 3.8) is 0 Å². The lowest BCUT2D eigenvalue weighted by Gasteiger charge is -2.34. The number of nitrogens with zero attached hydrogens (tertiary/aromatic N) is 4. The van der Waals surface area contributed by atoms with Gasteiger partial charge in [0.2, 0.25) is 5.95 Å². The highest BCUT2D eigenvalue weighted by molar-refractivity contribution is 9.10. The fourth-order valence-corrected chi connectivity index (χ4v) is 6.14. The quantitative estimate of drug-likeness (QED) is 0.241. The van der Waals surface area contributed by atoms with Crippen LogP contribution in [0.15, 0.2) is 94.6 Å². The lowest BCUT2D eigenvalue weighted by Crippen LogP contribution is -2.49. The fourth-order valence-electron chi connectivity index (χ4n) is 4.36. The molecular weight excluding hydrogens is 644 g/mol. The predicted octanol–water partition coefficient (Wildman–Crippen LogP) is 5.04. The first-order valence-electron chi connectivity index (χ1n) is 13.2. The molecule has 1 aliphatic heterocycles. The summed E-state index contributed by atoms with van der Waals surface area (Å²) in [6.45, 7) is 4.50. The fraction of sp³-hybridized carbons (Fsp3) is 0.207. The van der Waals surface area contributed by atoms with E-state index < -0.39 is 10.0 Å². The maximum Gasteiger partial charge on any atom is 0.262 e. The molecule has 0 aliphatic carbocycles. The number of amides is 1. The van der Waals surface area contributed by atoms with E-state index >= 15 is 0 Å². The first-order valence-corrected chi connectivity index (χ1v) is 15.8. The van der Waals surface area contributed by atoms with Crippen LogP contribution in [0.5, 0.6) is 11.5 Å². The number of carbonyl (C=O) groups excluding carboxylic acids is 1. The van der Waals surface area contributed by atoms with Crippen LogP contribution in [0, 0.1) is 0 Å². The Kier molecular flexibility index (Phi) is 9.58. The summed E-state index contributed by atoms with van der Waals surface area (Å²) in [6, 6.07) is 19.4. The number of ether oxygens (including phenoxy) is 1.